The summed E-state index contributed by atoms with van der Waals surface area (Å²) < 4.78 is 11.7. The van der Waals surface area contributed by atoms with Gasteiger partial charge in [0.25, 0.3) is 5.90 Å². The zero-order chi connectivity index (χ0) is 16.8. The van der Waals surface area contributed by atoms with E-state index in [-0.39, 0.29) is 5.78 Å². The molecular formula is C18H15BrN2O3. The molecule has 1 aliphatic heterocycles. The van der Waals surface area contributed by atoms with Crippen molar-refractivity contribution in [2.75, 3.05) is 14.2 Å². The number of ketones is 1. The summed E-state index contributed by atoms with van der Waals surface area (Å²) in [4.78, 5) is 20.7. The second-order valence-electron chi connectivity index (χ2n) is 5.69. The maximum atomic E-state index is 12.7. The van der Waals surface area contributed by atoms with E-state index in [0.29, 0.717) is 35.8 Å². The second kappa shape index (κ2) is 5.63. The van der Waals surface area contributed by atoms with Gasteiger partial charge in [-0.15, -0.1) is 0 Å². The molecule has 122 valence electrons. The molecule has 1 aromatic heterocycles. The molecular weight excluding hydrogens is 372 g/mol. The molecule has 1 aliphatic carbocycles. The van der Waals surface area contributed by atoms with Crippen LogP contribution in [0, 0.1) is 0 Å². The molecule has 24 heavy (non-hydrogen) atoms. The largest absolute Gasteiger partial charge is 0.491 e. The Morgan fingerprint density at radius 2 is 2.08 bits per heavy atom. The Bertz CT molecular complexity index is 966. The average Bonchev–Trinajstić information content (AvgIpc) is 2.81. The summed E-state index contributed by atoms with van der Waals surface area (Å²) in [5.41, 5.74) is 4.19. The van der Waals surface area contributed by atoms with Gasteiger partial charge in [0.1, 0.15) is 0 Å². The zero-order valence-electron chi connectivity index (χ0n) is 13.3. The van der Waals surface area contributed by atoms with Crippen LogP contribution < -0.4 is 0 Å². The van der Waals surface area contributed by atoms with Gasteiger partial charge >= 0.3 is 0 Å². The summed E-state index contributed by atoms with van der Waals surface area (Å²) in [6, 6.07) is 6.00. The number of Topliss-reactive ketones (excluding diaryl/α,β-unsaturated/α-hetero) is 1. The minimum Gasteiger partial charge on any atom is -0.491 e. The number of fused-ring (bicyclic) bond motifs is 4. The number of rotatable bonds is 1. The zero-order valence-corrected chi connectivity index (χ0v) is 14.9. The van der Waals surface area contributed by atoms with Crippen LogP contribution in [-0.4, -0.2) is 30.9 Å². The number of nitrogens with zero attached hydrogens (tertiary/aromatic N) is 1. The number of halogens is 1. The predicted octanol–water partition coefficient (Wildman–Crippen LogP) is 3.75. The molecule has 2 aromatic rings. The van der Waals surface area contributed by atoms with Crippen molar-refractivity contribution in [2.45, 2.75) is 12.8 Å². The minimum absolute atomic E-state index is 0.0891. The third-order valence-corrected chi connectivity index (χ3v) is 4.89. The van der Waals surface area contributed by atoms with Gasteiger partial charge in [-0.1, -0.05) is 15.9 Å². The number of ether oxygens (including phenoxy) is 2. The van der Waals surface area contributed by atoms with E-state index in [1.54, 1.807) is 14.2 Å². The summed E-state index contributed by atoms with van der Waals surface area (Å²) in [6.45, 7) is 0. The van der Waals surface area contributed by atoms with Gasteiger partial charge in [0, 0.05) is 33.8 Å². The summed E-state index contributed by atoms with van der Waals surface area (Å²) in [7, 11) is 3.11. The van der Waals surface area contributed by atoms with E-state index in [1.807, 2.05) is 24.3 Å². The van der Waals surface area contributed by atoms with Crippen molar-refractivity contribution in [3.05, 3.63) is 51.3 Å². The molecule has 5 nitrogen and oxygen atoms in total. The van der Waals surface area contributed by atoms with Gasteiger partial charge in [0.05, 0.1) is 25.6 Å². The number of hydrogen-bond donors (Lipinski definition) is 1. The molecule has 4 rings (SSSR count). The van der Waals surface area contributed by atoms with E-state index < -0.39 is 0 Å². The lowest BCUT2D eigenvalue weighted by Gasteiger charge is -2.15. The fourth-order valence-corrected chi connectivity index (χ4v) is 3.61. The number of carbonyl (C=O) groups excluding carboxylic acids is 1. The van der Waals surface area contributed by atoms with Gasteiger partial charge in [-0.3, -0.25) is 4.79 Å². The van der Waals surface area contributed by atoms with Gasteiger partial charge in [0.2, 0.25) is 0 Å². The molecule has 0 fully saturated rings. The SMILES string of the molecule is COC1=CCC2=C(N=C1OC)c1[nH]c3ccc(Br)cc3c1CC2=O. The number of aromatic amines is 1. The van der Waals surface area contributed by atoms with Crippen molar-refractivity contribution in [2.24, 2.45) is 4.99 Å². The van der Waals surface area contributed by atoms with Crippen molar-refractivity contribution in [1.29, 1.82) is 0 Å². The molecule has 1 aromatic carbocycles. The molecule has 0 saturated carbocycles. The van der Waals surface area contributed by atoms with Crippen molar-refractivity contribution in [3.8, 4) is 0 Å². The van der Waals surface area contributed by atoms with Crippen LogP contribution in [0.4, 0.5) is 0 Å². The van der Waals surface area contributed by atoms with Crippen molar-refractivity contribution in [3.63, 3.8) is 0 Å². The van der Waals surface area contributed by atoms with E-state index in [2.05, 4.69) is 25.9 Å². The smallest absolute Gasteiger partial charge is 0.257 e. The van der Waals surface area contributed by atoms with Gasteiger partial charge in [-0.05, 0) is 29.8 Å². The Balaban J connectivity index is 1.98. The summed E-state index contributed by atoms with van der Waals surface area (Å²) in [5, 5.41) is 1.04. The normalized spacial score (nSPS) is 17.0. The fraction of sp³-hybridized carbons (Fsp3) is 0.222. The number of nitrogens with one attached hydrogen (secondary N) is 1. The fourth-order valence-electron chi connectivity index (χ4n) is 3.25. The number of methoxy groups -OCH3 is 2. The lowest BCUT2D eigenvalue weighted by Crippen LogP contribution is -2.14. The average molecular weight is 387 g/mol. The molecule has 0 saturated heterocycles. The molecule has 2 aliphatic rings. The highest BCUT2D eigenvalue weighted by molar-refractivity contribution is 9.10. The van der Waals surface area contributed by atoms with Crippen molar-refractivity contribution < 1.29 is 14.3 Å². The van der Waals surface area contributed by atoms with Gasteiger partial charge in [0.15, 0.2) is 11.5 Å². The molecule has 0 atom stereocenters. The number of benzene rings is 1. The summed E-state index contributed by atoms with van der Waals surface area (Å²) in [6.07, 6.45) is 2.69. The first-order chi connectivity index (χ1) is 11.6. The molecule has 1 N–H and O–H groups in total. The monoisotopic (exact) mass is 386 g/mol. The summed E-state index contributed by atoms with van der Waals surface area (Å²) >= 11 is 3.50. The van der Waals surface area contributed by atoms with Crippen LogP contribution in [0.2, 0.25) is 0 Å². The second-order valence-corrected chi connectivity index (χ2v) is 6.61. The lowest BCUT2D eigenvalue weighted by atomic mass is 9.90. The van der Waals surface area contributed by atoms with E-state index in [1.165, 1.54) is 0 Å². The maximum Gasteiger partial charge on any atom is 0.257 e. The Hall–Kier alpha value is -2.34. The Morgan fingerprint density at radius 3 is 2.83 bits per heavy atom. The van der Waals surface area contributed by atoms with Crippen LogP contribution in [-0.2, 0) is 20.7 Å². The molecule has 0 spiro atoms. The molecule has 0 radical (unpaired) electrons. The van der Waals surface area contributed by atoms with Crippen molar-refractivity contribution >= 4 is 44.2 Å². The molecule has 2 heterocycles. The van der Waals surface area contributed by atoms with Crippen LogP contribution in [0.5, 0.6) is 0 Å². The highest BCUT2D eigenvalue weighted by atomic mass is 79.9. The first-order valence-electron chi connectivity index (χ1n) is 7.56. The Morgan fingerprint density at radius 1 is 1.25 bits per heavy atom. The number of allylic oxidation sites excluding steroid dienone is 2. The van der Waals surface area contributed by atoms with Crippen LogP contribution in [0.3, 0.4) is 0 Å². The predicted molar refractivity (Wildman–Crippen MR) is 95.8 cm³/mol. The van der Waals surface area contributed by atoms with E-state index in [4.69, 9.17) is 9.47 Å². The van der Waals surface area contributed by atoms with E-state index in [0.717, 1.165) is 26.6 Å². The number of hydrogen-bond acceptors (Lipinski definition) is 4. The Kier molecular flexibility index (Phi) is 3.57. The molecule has 0 unspecified atom stereocenters. The third kappa shape index (κ3) is 2.21. The standard InChI is InChI=1S/C18H15BrN2O3/c1-23-15-6-4-10-14(22)8-12-11-7-9(19)3-5-13(11)20-17(12)16(10)21-18(15)24-2/h3,5-7,20H,4,8H2,1-2H3. The quantitative estimate of drug-likeness (QED) is 0.811. The third-order valence-electron chi connectivity index (χ3n) is 4.39. The minimum atomic E-state index is 0.0891. The van der Waals surface area contributed by atoms with E-state index >= 15 is 0 Å². The van der Waals surface area contributed by atoms with Gasteiger partial charge in [-0.2, -0.15) is 0 Å². The number of aliphatic imine (C=N–C) groups is 1. The number of carbonyl (C=O) groups is 1. The molecule has 6 heteroatoms. The van der Waals surface area contributed by atoms with Crippen LogP contribution in [0.1, 0.15) is 17.7 Å². The number of H-pyrrole nitrogens is 1. The van der Waals surface area contributed by atoms with E-state index in [9.17, 15) is 4.79 Å². The van der Waals surface area contributed by atoms with Gasteiger partial charge in [-0.25, -0.2) is 4.99 Å². The first-order valence-corrected chi connectivity index (χ1v) is 8.35. The van der Waals surface area contributed by atoms with Crippen LogP contribution >= 0.6 is 15.9 Å². The highest BCUT2D eigenvalue weighted by Gasteiger charge is 2.30. The van der Waals surface area contributed by atoms with Crippen LogP contribution in [0.15, 0.2) is 45.1 Å². The number of aromatic nitrogens is 1. The Labute approximate surface area is 147 Å². The van der Waals surface area contributed by atoms with Gasteiger partial charge < -0.3 is 14.5 Å². The first kappa shape index (κ1) is 15.2. The maximum absolute atomic E-state index is 12.7. The molecule has 0 amide bonds. The highest BCUT2D eigenvalue weighted by Crippen LogP contribution is 2.38. The lowest BCUT2D eigenvalue weighted by molar-refractivity contribution is -0.115. The topological polar surface area (TPSA) is 63.7 Å². The molecule has 0 bridgehead atoms. The van der Waals surface area contributed by atoms with Crippen molar-refractivity contribution in [1.82, 2.24) is 4.98 Å². The summed E-state index contributed by atoms with van der Waals surface area (Å²) in [5.74, 6) is 1.01. The van der Waals surface area contributed by atoms with Crippen LogP contribution in [0.25, 0.3) is 16.6 Å².